The predicted molar refractivity (Wildman–Crippen MR) is 104 cm³/mol. The zero-order chi connectivity index (χ0) is 18.1. The highest BCUT2D eigenvalue weighted by Crippen LogP contribution is 2.31. The van der Waals surface area contributed by atoms with Gasteiger partial charge in [-0.2, -0.15) is 10.1 Å². The largest absolute Gasteiger partial charge is 0.317 e. The van der Waals surface area contributed by atoms with Crippen LogP contribution in [0.15, 0.2) is 17.5 Å². The maximum absolute atomic E-state index is 12.7. The molecule has 0 atom stereocenters. The Bertz CT molecular complexity index is 908. The maximum atomic E-state index is 12.7. The van der Waals surface area contributed by atoms with E-state index in [1.807, 2.05) is 31.5 Å². The van der Waals surface area contributed by atoms with Crippen LogP contribution < -0.4 is 10.6 Å². The summed E-state index contributed by atoms with van der Waals surface area (Å²) in [5.74, 6) is 1.46. The molecule has 26 heavy (non-hydrogen) atoms. The van der Waals surface area contributed by atoms with Crippen LogP contribution in [0.1, 0.15) is 39.9 Å². The number of carbonyl (C=O) groups excluding carboxylic acids is 1. The van der Waals surface area contributed by atoms with Crippen molar-refractivity contribution in [2.45, 2.75) is 25.7 Å². The van der Waals surface area contributed by atoms with Crippen LogP contribution in [0.3, 0.4) is 0 Å². The molecule has 136 valence electrons. The third kappa shape index (κ3) is 3.42. The summed E-state index contributed by atoms with van der Waals surface area (Å²) >= 11 is 3.03. The van der Waals surface area contributed by atoms with Crippen LogP contribution in [0.4, 0.5) is 5.95 Å². The fourth-order valence-electron chi connectivity index (χ4n) is 3.04. The van der Waals surface area contributed by atoms with Crippen LogP contribution in [0.25, 0.3) is 9.88 Å². The van der Waals surface area contributed by atoms with Gasteiger partial charge in [-0.25, -0.2) is 9.67 Å². The molecule has 4 heterocycles. The highest BCUT2D eigenvalue weighted by molar-refractivity contribution is 7.22. The number of nitrogens with zero attached hydrogens (tertiary/aromatic N) is 4. The van der Waals surface area contributed by atoms with E-state index in [4.69, 9.17) is 0 Å². The van der Waals surface area contributed by atoms with E-state index in [0.717, 1.165) is 47.3 Å². The minimum Gasteiger partial charge on any atom is -0.317 e. The van der Waals surface area contributed by atoms with Crippen LogP contribution in [-0.4, -0.2) is 38.7 Å². The molecule has 1 aliphatic heterocycles. The lowest BCUT2D eigenvalue weighted by Crippen LogP contribution is -2.27. The summed E-state index contributed by atoms with van der Waals surface area (Å²) in [5.41, 5.74) is 0.733. The Balaban J connectivity index is 1.52. The highest BCUT2D eigenvalue weighted by atomic mass is 32.1. The first-order valence-electron chi connectivity index (χ1n) is 8.56. The van der Waals surface area contributed by atoms with Gasteiger partial charge in [0.1, 0.15) is 9.88 Å². The number of aryl methyl sites for hydroxylation is 2. The normalized spacial score (nSPS) is 15.3. The van der Waals surface area contributed by atoms with Crippen LogP contribution in [-0.2, 0) is 7.05 Å². The highest BCUT2D eigenvalue weighted by Gasteiger charge is 2.23. The number of anilines is 1. The Morgan fingerprint density at radius 2 is 2.15 bits per heavy atom. The van der Waals surface area contributed by atoms with Crippen LogP contribution in [0.5, 0.6) is 0 Å². The summed E-state index contributed by atoms with van der Waals surface area (Å²) in [6.45, 7) is 3.83. The number of carbonyl (C=O) groups is 1. The van der Waals surface area contributed by atoms with Gasteiger partial charge < -0.3 is 5.32 Å². The van der Waals surface area contributed by atoms with E-state index >= 15 is 0 Å². The van der Waals surface area contributed by atoms with Crippen molar-refractivity contribution in [1.82, 2.24) is 25.1 Å². The van der Waals surface area contributed by atoms with Crippen LogP contribution in [0, 0.1) is 6.92 Å². The second-order valence-electron chi connectivity index (χ2n) is 6.31. The molecule has 0 bridgehead atoms. The molecule has 9 heteroatoms. The zero-order valence-corrected chi connectivity index (χ0v) is 16.3. The molecule has 0 radical (unpaired) electrons. The number of hydrogen-bond acceptors (Lipinski definition) is 7. The predicted octanol–water partition coefficient (Wildman–Crippen LogP) is 3.03. The van der Waals surface area contributed by atoms with Crippen LogP contribution in [0.2, 0.25) is 0 Å². The molecule has 0 aromatic carbocycles. The molecular formula is C17H20N6OS2. The van der Waals surface area contributed by atoms with E-state index in [-0.39, 0.29) is 5.91 Å². The minimum absolute atomic E-state index is 0.185. The number of thiophene rings is 1. The molecular weight excluding hydrogens is 368 g/mol. The van der Waals surface area contributed by atoms with Crippen LogP contribution >= 0.6 is 22.7 Å². The molecule has 3 aromatic heterocycles. The smallest absolute Gasteiger partial charge is 0.270 e. The fraction of sp³-hybridized carbons (Fsp3) is 0.412. The van der Waals surface area contributed by atoms with Crippen molar-refractivity contribution in [3.05, 3.63) is 33.9 Å². The van der Waals surface area contributed by atoms with Gasteiger partial charge in [0, 0.05) is 13.0 Å². The average molecular weight is 389 g/mol. The molecule has 0 unspecified atom stereocenters. The van der Waals surface area contributed by atoms with Gasteiger partial charge in [-0.1, -0.05) is 6.07 Å². The van der Waals surface area contributed by atoms with E-state index in [0.29, 0.717) is 16.7 Å². The molecule has 0 saturated carbocycles. The third-order valence-corrected chi connectivity index (χ3v) is 6.64. The molecule has 0 aliphatic carbocycles. The van der Waals surface area contributed by atoms with E-state index < -0.39 is 0 Å². The monoisotopic (exact) mass is 388 g/mol. The van der Waals surface area contributed by atoms with Crippen molar-refractivity contribution in [3.8, 4) is 9.88 Å². The first kappa shape index (κ1) is 17.3. The third-order valence-electron chi connectivity index (χ3n) is 4.44. The number of thiazole rings is 1. The molecule has 1 fully saturated rings. The summed E-state index contributed by atoms with van der Waals surface area (Å²) < 4.78 is 1.64. The molecule has 7 nitrogen and oxygen atoms in total. The van der Waals surface area contributed by atoms with Gasteiger partial charge in [0.05, 0.1) is 10.6 Å². The lowest BCUT2D eigenvalue weighted by molar-refractivity contribution is 0.102. The standard InChI is InChI=1S/C17H20N6OS2/c1-10-13(26-16(19-10)12-4-3-9-25-12)15(24)21-17-20-14(22-23(17)2)11-5-7-18-8-6-11/h3-4,9,11,18H,5-8H2,1-2H3,(H,20,21,22,24). The quantitative estimate of drug-likeness (QED) is 0.718. The minimum atomic E-state index is -0.185. The Hall–Kier alpha value is -2.10. The van der Waals surface area contributed by atoms with Crippen molar-refractivity contribution in [3.63, 3.8) is 0 Å². The zero-order valence-electron chi connectivity index (χ0n) is 14.7. The van der Waals surface area contributed by atoms with Crippen molar-refractivity contribution in [2.75, 3.05) is 18.4 Å². The Morgan fingerprint density at radius 1 is 1.35 bits per heavy atom. The Morgan fingerprint density at radius 3 is 2.88 bits per heavy atom. The summed E-state index contributed by atoms with van der Waals surface area (Å²) in [4.78, 5) is 23.5. The lowest BCUT2D eigenvalue weighted by atomic mass is 9.98. The number of piperidine rings is 1. The molecule has 2 N–H and O–H groups in total. The second-order valence-corrected chi connectivity index (χ2v) is 8.25. The van der Waals surface area contributed by atoms with E-state index in [1.54, 1.807) is 16.0 Å². The number of aromatic nitrogens is 4. The van der Waals surface area contributed by atoms with Gasteiger partial charge >= 0.3 is 0 Å². The molecule has 1 saturated heterocycles. The number of hydrogen-bond donors (Lipinski definition) is 2. The van der Waals surface area contributed by atoms with E-state index in [1.165, 1.54) is 11.3 Å². The average Bonchev–Trinajstić information content (AvgIpc) is 3.36. The van der Waals surface area contributed by atoms with Gasteiger partial charge in [0.15, 0.2) is 5.82 Å². The van der Waals surface area contributed by atoms with Gasteiger partial charge in [-0.05, 0) is 44.3 Å². The molecule has 4 rings (SSSR count). The summed E-state index contributed by atoms with van der Waals surface area (Å²) in [6, 6.07) is 4.00. The number of nitrogens with one attached hydrogen (secondary N) is 2. The summed E-state index contributed by atoms with van der Waals surface area (Å²) in [5, 5.41) is 13.6. The summed E-state index contributed by atoms with van der Waals surface area (Å²) in [7, 11) is 1.81. The molecule has 3 aromatic rings. The Kier molecular flexibility index (Phi) is 4.84. The van der Waals surface area contributed by atoms with Crippen molar-refractivity contribution in [1.29, 1.82) is 0 Å². The SMILES string of the molecule is Cc1nc(-c2cccs2)sc1C(=O)Nc1nc(C2CCNCC2)nn1C. The van der Waals surface area contributed by atoms with Gasteiger partial charge in [-0.3, -0.25) is 10.1 Å². The summed E-state index contributed by atoms with van der Waals surface area (Å²) in [6.07, 6.45) is 2.05. The van der Waals surface area contributed by atoms with E-state index in [2.05, 4.69) is 25.7 Å². The Labute approximate surface area is 159 Å². The molecule has 1 amide bonds. The topological polar surface area (TPSA) is 84.7 Å². The lowest BCUT2D eigenvalue weighted by Gasteiger charge is -2.19. The molecule has 0 spiro atoms. The maximum Gasteiger partial charge on any atom is 0.270 e. The van der Waals surface area contributed by atoms with Gasteiger partial charge in [0.2, 0.25) is 5.95 Å². The molecule has 1 aliphatic rings. The first-order chi connectivity index (χ1) is 12.6. The van der Waals surface area contributed by atoms with E-state index in [9.17, 15) is 4.79 Å². The second kappa shape index (κ2) is 7.26. The van der Waals surface area contributed by atoms with Gasteiger partial charge in [0.25, 0.3) is 5.91 Å². The first-order valence-corrected chi connectivity index (χ1v) is 10.3. The van der Waals surface area contributed by atoms with Gasteiger partial charge in [-0.15, -0.1) is 22.7 Å². The van der Waals surface area contributed by atoms with Crippen molar-refractivity contribution < 1.29 is 4.79 Å². The fourth-order valence-corrected chi connectivity index (χ4v) is 4.80. The van der Waals surface area contributed by atoms with Crippen molar-refractivity contribution in [2.24, 2.45) is 7.05 Å². The van der Waals surface area contributed by atoms with Crippen molar-refractivity contribution >= 4 is 34.5 Å². The number of rotatable bonds is 4. The number of amides is 1.